The minimum Gasteiger partial charge on any atom is -0.479 e. The molecule has 0 saturated carbocycles. The third kappa shape index (κ3) is 7.67. The molecule has 2 aliphatic rings. The Morgan fingerprint density at radius 2 is 1.62 bits per heavy atom. The third-order valence-corrected chi connectivity index (χ3v) is 11.5. The van der Waals surface area contributed by atoms with E-state index >= 15 is 0 Å². The highest BCUT2D eigenvalue weighted by molar-refractivity contribution is 7.22. The molecule has 10 nitrogen and oxygen atoms in total. The maximum atomic E-state index is 12.8. The average Bonchev–Trinajstić information content (AvgIpc) is 3.62. The van der Waals surface area contributed by atoms with E-state index in [0.29, 0.717) is 35.6 Å². The summed E-state index contributed by atoms with van der Waals surface area (Å²) < 4.78 is 14.6. The van der Waals surface area contributed by atoms with E-state index in [1.165, 1.54) is 0 Å². The summed E-state index contributed by atoms with van der Waals surface area (Å²) in [6.07, 6.45) is 0.579. The van der Waals surface area contributed by atoms with E-state index < -0.39 is 23.3 Å². The molecular formula is C41H48ClN5O5S. The summed E-state index contributed by atoms with van der Waals surface area (Å²) in [5.41, 5.74) is 5.87. The lowest BCUT2D eigenvalue weighted by atomic mass is 9.90. The molecule has 4 heterocycles. The molecule has 1 atom stereocenters. The first kappa shape index (κ1) is 37.3. The number of aliphatic carboxylic acids is 1. The molecule has 1 N–H and O–H groups in total. The molecule has 0 radical (unpaired) electrons. The van der Waals surface area contributed by atoms with Crippen LogP contribution in [-0.4, -0.2) is 85.2 Å². The number of hydrogen-bond donors (Lipinski definition) is 1. The van der Waals surface area contributed by atoms with E-state index in [4.69, 9.17) is 31.2 Å². The number of benzene rings is 3. The molecule has 5 aromatic rings. The summed E-state index contributed by atoms with van der Waals surface area (Å²) in [4.78, 5) is 34.7. The van der Waals surface area contributed by atoms with Gasteiger partial charge in [-0.05, 0) is 122 Å². The predicted molar refractivity (Wildman–Crippen MR) is 211 cm³/mol. The van der Waals surface area contributed by atoms with Gasteiger partial charge in [-0.15, -0.1) is 11.3 Å². The van der Waals surface area contributed by atoms with E-state index in [-0.39, 0.29) is 6.09 Å². The van der Waals surface area contributed by atoms with Gasteiger partial charge in [0, 0.05) is 59.2 Å². The number of aryl methyl sites for hydroxylation is 2. The van der Waals surface area contributed by atoms with Crippen LogP contribution in [0.4, 0.5) is 4.79 Å². The average molecular weight is 758 g/mol. The predicted octanol–water partition coefficient (Wildman–Crippen LogP) is 9.22. The number of thiazole rings is 1. The van der Waals surface area contributed by atoms with Crippen molar-refractivity contribution in [2.24, 2.45) is 7.05 Å². The number of aromatic nitrogens is 3. The summed E-state index contributed by atoms with van der Waals surface area (Å²) in [6, 6.07) is 16.3. The highest BCUT2D eigenvalue weighted by atomic mass is 35.5. The minimum atomic E-state index is -1.18. The van der Waals surface area contributed by atoms with Crippen molar-refractivity contribution >= 4 is 56.1 Å². The van der Waals surface area contributed by atoms with Crippen molar-refractivity contribution in [3.8, 4) is 21.7 Å². The van der Waals surface area contributed by atoms with Gasteiger partial charge < -0.3 is 19.5 Å². The number of fused-ring (bicyclic) bond motifs is 2. The van der Waals surface area contributed by atoms with Gasteiger partial charge in [0.15, 0.2) is 6.10 Å². The summed E-state index contributed by atoms with van der Waals surface area (Å²) in [7, 11) is 2.00. The molecular weight excluding hydrogens is 710 g/mol. The minimum absolute atomic E-state index is 0.233. The van der Waals surface area contributed by atoms with Gasteiger partial charge >= 0.3 is 12.1 Å². The fourth-order valence-electron chi connectivity index (χ4n) is 7.59. The zero-order valence-corrected chi connectivity index (χ0v) is 33.3. The van der Waals surface area contributed by atoms with Gasteiger partial charge in [0.25, 0.3) is 0 Å². The van der Waals surface area contributed by atoms with Crippen molar-refractivity contribution < 1.29 is 24.2 Å². The molecule has 7 rings (SSSR count). The van der Waals surface area contributed by atoms with E-state index in [1.807, 2.05) is 90.5 Å². The van der Waals surface area contributed by atoms with E-state index in [1.54, 1.807) is 16.2 Å². The van der Waals surface area contributed by atoms with Crippen LogP contribution in [0.25, 0.3) is 42.8 Å². The van der Waals surface area contributed by atoms with Crippen LogP contribution in [0.3, 0.4) is 0 Å². The van der Waals surface area contributed by atoms with Gasteiger partial charge in [0.05, 0.1) is 27.0 Å². The molecule has 1 amide bonds. The van der Waals surface area contributed by atoms with Crippen LogP contribution in [0.1, 0.15) is 83.2 Å². The first-order chi connectivity index (χ1) is 25.0. The summed E-state index contributed by atoms with van der Waals surface area (Å²) >= 11 is 7.86. The van der Waals surface area contributed by atoms with Gasteiger partial charge in [-0.25, -0.2) is 14.6 Å². The van der Waals surface area contributed by atoms with Gasteiger partial charge in [-0.2, -0.15) is 5.10 Å². The first-order valence-electron chi connectivity index (χ1n) is 18.3. The molecule has 2 aromatic heterocycles. The van der Waals surface area contributed by atoms with E-state index in [9.17, 15) is 14.7 Å². The highest BCUT2D eigenvalue weighted by Gasteiger charge is 2.39. The number of carbonyl (C=O) groups excluding carboxylic acids is 1. The molecule has 0 spiro atoms. The van der Waals surface area contributed by atoms with Crippen LogP contribution in [0.15, 0.2) is 48.5 Å². The second kappa shape index (κ2) is 14.0. The Hall–Kier alpha value is -4.03. The standard InChI is InChI=1S/C41H48ClN5O5S/c1-23-19-30-36(33(24-9-12-27(42)13-10-24)32(23)35(38(48)49)51-40(2,3)4)53-37(43-30)26-11-14-31-29(20-26)34(44-45(31)8)25-15-17-46(18-16-25)28-21-47(22-28)39(50)52-41(5,6)7/h9-14,19-20,25,28,35H,15-18,21-22H2,1-8H3,(H,48,49). The zero-order chi connectivity index (χ0) is 38.0. The maximum absolute atomic E-state index is 12.8. The van der Waals surface area contributed by atoms with Crippen molar-refractivity contribution in [3.05, 3.63) is 70.4 Å². The number of carboxylic acids is 1. The number of carbonyl (C=O) groups is 2. The number of ether oxygens (including phenoxy) is 2. The Balaban J connectivity index is 1.19. The lowest BCUT2D eigenvalue weighted by Gasteiger charge is -2.47. The van der Waals surface area contributed by atoms with Gasteiger partial charge in [-0.3, -0.25) is 9.58 Å². The quantitative estimate of drug-likeness (QED) is 0.175. The molecule has 3 aromatic carbocycles. The SMILES string of the molecule is Cc1cc2nc(-c3ccc4c(c3)c(C3CCN(C5CN(C(=O)OC(C)(C)C)C5)CC3)nn4C)sc2c(-c2ccc(Cl)cc2)c1C(OC(C)(C)C)C(=O)O. The van der Waals surface area contributed by atoms with Crippen LogP contribution in [0.5, 0.6) is 0 Å². The first-order valence-corrected chi connectivity index (χ1v) is 19.4. The third-order valence-electron chi connectivity index (χ3n) is 10.1. The van der Waals surface area contributed by atoms with Crippen molar-refractivity contribution in [2.75, 3.05) is 26.2 Å². The lowest BCUT2D eigenvalue weighted by Crippen LogP contribution is -2.62. The number of amides is 1. The van der Waals surface area contributed by atoms with Crippen LogP contribution >= 0.6 is 22.9 Å². The van der Waals surface area contributed by atoms with Crippen molar-refractivity contribution in [2.45, 2.75) is 90.6 Å². The second-order valence-electron chi connectivity index (χ2n) is 16.4. The molecule has 1 unspecified atom stereocenters. The van der Waals surface area contributed by atoms with E-state index in [2.05, 4.69) is 23.1 Å². The number of nitrogens with zero attached hydrogens (tertiary/aromatic N) is 5. The number of carboxylic acid groups (broad SMARTS) is 1. The second-order valence-corrected chi connectivity index (χ2v) is 17.8. The topological polar surface area (TPSA) is 110 Å². The Morgan fingerprint density at radius 1 is 0.962 bits per heavy atom. The maximum Gasteiger partial charge on any atom is 0.410 e. The molecule has 0 aliphatic carbocycles. The van der Waals surface area contributed by atoms with Crippen LogP contribution in [0, 0.1) is 6.92 Å². The summed E-state index contributed by atoms with van der Waals surface area (Å²) in [5.74, 6) is -0.724. The van der Waals surface area contributed by atoms with Crippen LogP contribution in [0.2, 0.25) is 5.02 Å². The molecule has 2 saturated heterocycles. The van der Waals surface area contributed by atoms with Crippen molar-refractivity contribution in [3.63, 3.8) is 0 Å². The zero-order valence-electron chi connectivity index (χ0n) is 31.7. The molecule has 0 bridgehead atoms. The number of likely N-dealkylation sites (tertiary alicyclic amines) is 2. The summed E-state index contributed by atoms with van der Waals surface area (Å²) in [6.45, 7) is 16.5. The smallest absolute Gasteiger partial charge is 0.410 e. The fourth-order valence-corrected chi connectivity index (χ4v) is 8.84. The number of rotatable bonds is 7. The number of piperidine rings is 1. The lowest BCUT2D eigenvalue weighted by molar-refractivity contribution is -0.160. The molecule has 53 heavy (non-hydrogen) atoms. The number of hydrogen-bond acceptors (Lipinski definition) is 8. The largest absolute Gasteiger partial charge is 0.479 e. The van der Waals surface area contributed by atoms with E-state index in [0.717, 1.165) is 80.0 Å². The Bertz CT molecular complexity index is 2180. The van der Waals surface area contributed by atoms with Crippen LogP contribution in [-0.2, 0) is 21.3 Å². The molecule has 280 valence electrons. The van der Waals surface area contributed by atoms with Gasteiger partial charge in [0.1, 0.15) is 10.6 Å². The highest BCUT2D eigenvalue weighted by Crippen LogP contribution is 2.45. The molecule has 12 heteroatoms. The Kier molecular flexibility index (Phi) is 9.84. The Labute approximate surface area is 319 Å². The summed E-state index contributed by atoms with van der Waals surface area (Å²) in [5, 5.41) is 18.1. The molecule has 2 fully saturated rings. The monoisotopic (exact) mass is 757 g/mol. The van der Waals surface area contributed by atoms with Crippen molar-refractivity contribution in [1.29, 1.82) is 0 Å². The van der Waals surface area contributed by atoms with Gasteiger partial charge in [0.2, 0.25) is 0 Å². The van der Waals surface area contributed by atoms with Crippen molar-refractivity contribution in [1.82, 2.24) is 24.6 Å². The fraction of sp³-hybridized carbons (Fsp3) is 0.463. The van der Waals surface area contributed by atoms with Crippen LogP contribution < -0.4 is 0 Å². The molecule has 2 aliphatic heterocycles. The Morgan fingerprint density at radius 3 is 2.25 bits per heavy atom. The van der Waals surface area contributed by atoms with Gasteiger partial charge in [-0.1, -0.05) is 23.7 Å². The normalized spacial score (nSPS) is 17.0. The number of halogens is 1.